The zero-order valence-electron chi connectivity index (χ0n) is 16.8. The molecule has 5 fully saturated rings. The van der Waals surface area contributed by atoms with Crippen LogP contribution >= 0.6 is 0 Å². The van der Waals surface area contributed by atoms with Gasteiger partial charge in [0.25, 0.3) is 0 Å². The largest absolute Gasteiger partial charge is 0.466 e. The molecule has 8 nitrogen and oxygen atoms in total. The number of carbonyl (C=O) groups is 2. The van der Waals surface area contributed by atoms with Gasteiger partial charge in [-0.05, 0) is 56.8 Å². The summed E-state index contributed by atoms with van der Waals surface area (Å²) in [4.78, 5) is 29.6. The van der Waals surface area contributed by atoms with Gasteiger partial charge < -0.3 is 24.6 Å². The fourth-order valence-corrected chi connectivity index (χ4v) is 8.32. The lowest BCUT2D eigenvalue weighted by atomic mass is 9.37. The second kappa shape index (κ2) is 4.94. The van der Waals surface area contributed by atoms with Crippen molar-refractivity contribution in [3.8, 4) is 11.5 Å². The lowest BCUT2D eigenvalue weighted by Gasteiger charge is -2.69. The van der Waals surface area contributed by atoms with Gasteiger partial charge in [0.1, 0.15) is 0 Å². The smallest absolute Gasteiger partial charge is 0.348 e. The third-order valence-corrected chi connectivity index (χ3v) is 9.16. The minimum Gasteiger partial charge on any atom is -0.466 e. The molecule has 8 heteroatoms. The Labute approximate surface area is 173 Å². The minimum atomic E-state index is -2.24. The molecule has 8 rings (SSSR count). The molecule has 2 bridgehead atoms. The maximum absolute atomic E-state index is 14.0. The van der Waals surface area contributed by atoms with Gasteiger partial charge in [0.2, 0.25) is 12.4 Å². The maximum Gasteiger partial charge on any atom is 0.348 e. The number of ketones is 1. The van der Waals surface area contributed by atoms with Gasteiger partial charge in [-0.15, -0.1) is 0 Å². The van der Waals surface area contributed by atoms with E-state index in [0.29, 0.717) is 30.8 Å². The quantitative estimate of drug-likeness (QED) is 0.520. The zero-order chi connectivity index (χ0) is 20.5. The van der Waals surface area contributed by atoms with Gasteiger partial charge in [-0.25, -0.2) is 4.79 Å². The van der Waals surface area contributed by atoms with E-state index in [1.165, 1.54) is 7.11 Å². The third kappa shape index (κ3) is 1.40. The summed E-state index contributed by atoms with van der Waals surface area (Å²) < 4.78 is 16.4. The van der Waals surface area contributed by atoms with Crippen molar-refractivity contribution in [1.82, 2.24) is 4.90 Å². The number of methoxy groups -OCH3 is 1. The van der Waals surface area contributed by atoms with Crippen LogP contribution in [0.2, 0.25) is 0 Å². The van der Waals surface area contributed by atoms with Crippen molar-refractivity contribution in [2.24, 2.45) is 5.41 Å². The number of anilines is 1. The highest BCUT2D eigenvalue weighted by molar-refractivity contribution is 6.15. The number of ether oxygens (including phenoxy) is 3. The summed E-state index contributed by atoms with van der Waals surface area (Å²) in [6.45, 7) is 1.91. The number of esters is 1. The highest BCUT2D eigenvalue weighted by Crippen LogP contribution is 2.75. The molecule has 7 aliphatic rings. The molecule has 3 aliphatic carbocycles. The van der Waals surface area contributed by atoms with Crippen LogP contribution < -0.4 is 14.8 Å². The lowest BCUT2D eigenvalue weighted by molar-refractivity contribution is -0.214. The standard InChI is InChI=1S/C22H24N2O6/c1-28-18(26)22(27)17(25)19-5-2-9-24-10-8-20(16(19)24)12-3-4-13-15(30-11-29-13)14(12)23-21(20,22)7-6-19/h3-4,16,23,27H,2,5-11H2,1H3. The summed E-state index contributed by atoms with van der Waals surface area (Å²) in [5.41, 5.74) is -2.93. The number of rotatable bonds is 1. The Bertz CT molecular complexity index is 1040. The summed E-state index contributed by atoms with van der Waals surface area (Å²) in [5.74, 6) is 0.0254. The van der Waals surface area contributed by atoms with E-state index in [4.69, 9.17) is 14.2 Å². The summed E-state index contributed by atoms with van der Waals surface area (Å²) in [7, 11) is 1.24. The first-order valence-electron chi connectivity index (χ1n) is 10.8. The van der Waals surface area contributed by atoms with Crippen LogP contribution in [0.3, 0.4) is 0 Å². The van der Waals surface area contributed by atoms with Crippen molar-refractivity contribution in [3.63, 3.8) is 0 Å². The monoisotopic (exact) mass is 412 g/mol. The van der Waals surface area contributed by atoms with Crippen molar-refractivity contribution in [3.05, 3.63) is 17.7 Å². The second-order valence-corrected chi connectivity index (χ2v) is 9.70. The van der Waals surface area contributed by atoms with E-state index < -0.39 is 27.9 Å². The van der Waals surface area contributed by atoms with E-state index >= 15 is 0 Å². The predicted octanol–water partition coefficient (Wildman–Crippen LogP) is 0.952. The summed E-state index contributed by atoms with van der Waals surface area (Å²) >= 11 is 0. The zero-order valence-corrected chi connectivity index (χ0v) is 16.8. The number of carbonyl (C=O) groups excluding carboxylic acids is 2. The van der Waals surface area contributed by atoms with E-state index in [1.807, 2.05) is 12.1 Å². The highest BCUT2D eigenvalue weighted by atomic mass is 16.7. The van der Waals surface area contributed by atoms with Crippen LogP contribution in [0.4, 0.5) is 5.69 Å². The number of fused-ring (bicyclic) bond motifs is 5. The number of piperidine rings is 1. The molecule has 1 aromatic rings. The molecule has 4 heterocycles. The molecule has 5 unspecified atom stereocenters. The van der Waals surface area contributed by atoms with Crippen LogP contribution in [0.5, 0.6) is 11.5 Å². The number of hydrogen-bond donors (Lipinski definition) is 2. The van der Waals surface area contributed by atoms with Crippen LogP contribution in [0, 0.1) is 5.41 Å². The van der Waals surface area contributed by atoms with Gasteiger partial charge in [0.05, 0.1) is 18.3 Å². The van der Waals surface area contributed by atoms with Gasteiger partial charge in [-0.3, -0.25) is 9.69 Å². The topological polar surface area (TPSA) is 97.3 Å². The van der Waals surface area contributed by atoms with Crippen LogP contribution in [0.15, 0.2) is 12.1 Å². The average Bonchev–Trinajstić information content (AvgIpc) is 3.47. The van der Waals surface area contributed by atoms with E-state index in [9.17, 15) is 14.7 Å². The van der Waals surface area contributed by atoms with Crippen molar-refractivity contribution >= 4 is 17.4 Å². The van der Waals surface area contributed by atoms with Gasteiger partial charge in [-0.2, -0.15) is 0 Å². The molecule has 30 heavy (non-hydrogen) atoms. The van der Waals surface area contributed by atoms with Crippen molar-refractivity contribution in [2.75, 3.05) is 32.3 Å². The number of benzene rings is 1. The van der Waals surface area contributed by atoms with Gasteiger partial charge in [0, 0.05) is 16.9 Å². The molecule has 2 saturated heterocycles. The first kappa shape index (κ1) is 17.4. The Kier molecular flexibility index (Phi) is 2.86. The molecule has 0 radical (unpaired) electrons. The molecule has 2 N–H and O–H groups in total. The normalized spacial score (nSPS) is 44.3. The van der Waals surface area contributed by atoms with Crippen molar-refractivity contribution < 1.29 is 28.9 Å². The molecular formula is C22H24N2O6. The molecule has 5 atom stereocenters. The third-order valence-electron chi connectivity index (χ3n) is 9.16. The molecular weight excluding hydrogens is 388 g/mol. The Morgan fingerprint density at radius 1 is 1.23 bits per heavy atom. The fraction of sp³-hybridized carbons (Fsp3) is 0.636. The van der Waals surface area contributed by atoms with Crippen molar-refractivity contribution in [2.45, 2.75) is 54.7 Å². The van der Waals surface area contributed by atoms with Crippen LogP contribution in [-0.4, -0.2) is 65.9 Å². The van der Waals surface area contributed by atoms with E-state index in [-0.39, 0.29) is 18.6 Å². The van der Waals surface area contributed by atoms with Crippen molar-refractivity contribution in [1.29, 1.82) is 0 Å². The molecule has 3 saturated carbocycles. The fourth-order valence-electron chi connectivity index (χ4n) is 8.32. The summed E-state index contributed by atoms with van der Waals surface area (Å²) in [6, 6.07) is 3.91. The number of nitrogens with one attached hydrogen (secondary N) is 1. The molecule has 1 aromatic carbocycles. The van der Waals surface area contributed by atoms with Gasteiger partial charge in [0.15, 0.2) is 17.3 Å². The maximum atomic E-state index is 14.0. The number of aliphatic hydroxyl groups is 1. The molecule has 0 amide bonds. The molecule has 0 aromatic heterocycles. The number of nitrogens with zero attached hydrogens (tertiary/aromatic N) is 1. The van der Waals surface area contributed by atoms with Crippen LogP contribution in [-0.2, 0) is 19.7 Å². The van der Waals surface area contributed by atoms with Gasteiger partial charge in [-0.1, -0.05) is 6.07 Å². The Morgan fingerprint density at radius 3 is 2.93 bits per heavy atom. The minimum absolute atomic E-state index is 0.0425. The summed E-state index contributed by atoms with van der Waals surface area (Å²) in [6.07, 6.45) is 3.55. The number of Topliss-reactive ketones (excluding diaryl/α,β-unsaturated/α-hetero) is 1. The Balaban J connectivity index is 1.59. The van der Waals surface area contributed by atoms with E-state index in [2.05, 4.69) is 10.2 Å². The molecule has 3 spiro atoms. The SMILES string of the molecule is COC(=O)C1(O)C(=O)C23CCCN4CCC5(c6ccc7c(c6NC15CC2)OCO7)C43. The van der Waals surface area contributed by atoms with Crippen LogP contribution in [0.1, 0.15) is 37.7 Å². The molecule has 158 valence electrons. The highest BCUT2D eigenvalue weighted by Gasteiger charge is 2.88. The summed E-state index contributed by atoms with van der Waals surface area (Å²) in [5, 5.41) is 15.6. The van der Waals surface area contributed by atoms with E-state index in [0.717, 1.165) is 37.2 Å². The second-order valence-electron chi connectivity index (χ2n) is 9.70. The first-order chi connectivity index (χ1) is 14.5. The van der Waals surface area contributed by atoms with Crippen LogP contribution in [0.25, 0.3) is 0 Å². The van der Waals surface area contributed by atoms with Gasteiger partial charge >= 0.3 is 5.97 Å². The number of hydrogen-bond acceptors (Lipinski definition) is 8. The first-order valence-corrected chi connectivity index (χ1v) is 10.8. The predicted molar refractivity (Wildman–Crippen MR) is 103 cm³/mol. The Hall–Kier alpha value is -2.32. The Morgan fingerprint density at radius 2 is 2.10 bits per heavy atom. The van der Waals surface area contributed by atoms with E-state index in [1.54, 1.807) is 0 Å². The average molecular weight is 412 g/mol. The molecule has 4 aliphatic heterocycles. The lowest BCUT2D eigenvalue weighted by Crippen LogP contribution is -2.87.